The number of aliphatic hydroxyl groups excluding tert-OH is 1. The van der Waals surface area contributed by atoms with Gasteiger partial charge < -0.3 is 14.9 Å². The molecule has 3 nitrogen and oxygen atoms in total. The molecule has 0 saturated carbocycles. The van der Waals surface area contributed by atoms with Crippen LogP contribution in [-0.4, -0.2) is 17.3 Å². The van der Waals surface area contributed by atoms with Crippen LogP contribution in [0.15, 0.2) is 18.2 Å². The first-order valence-corrected chi connectivity index (χ1v) is 5.55. The quantitative estimate of drug-likeness (QED) is 0.806. The van der Waals surface area contributed by atoms with Crippen molar-refractivity contribution >= 4 is 0 Å². The van der Waals surface area contributed by atoms with Crippen LogP contribution in [0, 0.1) is 0 Å². The fourth-order valence-corrected chi connectivity index (χ4v) is 1.84. The lowest BCUT2D eigenvalue weighted by Gasteiger charge is -2.24. The molecular weight excluding hydrogens is 204 g/mol. The minimum absolute atomic E-state index is 0.0562. The highest BCUT2D eigenvalue weighted by atomic mass is 16.5. The summed E-state index contributed by atoms with van der Waals surface area (Å²) in [6, 6.07) is 5.42. The molecule has 0 aromatic heterocycles. The Morgan fingerprint density at radius 3 is 2.56 bits per heavy atom. The highest BCUT2D eigenvalue weighted by Gasteiger charge is 2.22. The Hall–Kier alpha value is -1.06. The van der Waals surface area contributed by atoms with Gasteiger partial charge in [0, 0.05) is 5.56 Å². The zero-order valence-electron chi connectivity index (χ0n) is 10.2. The number of methoxy groups -OCH3 is 1. The Kier molecular flexibility index (Phi) is 4.33. The van der Waals surface area contributed by atoms with Crippen molar-refractivity contribution in [1.82, 2.24) is 0 Å². The Bertz CT molecular complexity index is 345. The molecule has 0 aliphatic heterocycles. The monoisotopic (exact) mass is 224 g/mol. The average Bonchev–Trinajstić information content (AvgIpc) is 2.28. The molecule has 2 N–H and O–H groups in total. The summed E-state index contributed by atoms with van der Waals surface area (Å²) in [5.74, 6) is 0.622. The zero-order chi connectivity index (χ0) is 12.2. The Morgan fingerprint density at radius 1 is 1.38 bits per heavy atom. The van der Waals surface area contributed by atoms with Crippen molar-refractivity contribution in [1.29, 1.82) is 0 Å². The molecule has 1 aromatic carbocycles. The normalized spacial score (nSPS) is 14.6. The Labute approximate surface area is 96.7 Å². The van der Waals surface area contributed by atoms with E-state index < -0.39 is 5.60 Å². The van der Waals surface area contributed by atoms with E-state index in [-0.39, 0.29) is 6.61 Å². The summed E-state index contributed by atoms with van der Waals surface area (Å²) in [6.45, 7) is 3.77. The number of ether oxygens (including phenoxy) is 1. The third kappa shape index (κ3) is 2.74. The topological polar surface area (TPSA) is 49.7 Å². The molecule has 1 rings (SSSR count). The first kappa shape index (κ1) is 13.0. The van der Waals surface area contributed by atoms with Crippen LogP contribution in [0.4, 0.5) is 0 Å². The third-order valence-corrected chi connectivity index (χ3v) is 2.82. The van der Waals surface area contributed by atoms with Crippen LogP contribution in [0.2, 0.25) is 0 Å². The molecule has 0 aliphatic rings. The van der Waals surface area contributed by atoms with Gasteiger partial charge in [0.05, 0.1) is 19.3 Å². The molecule has 0 bridgehead atoms. The van der Waals surface area contributed by atoms with Crippen molar-refractivity contribution in [2.75, 3.05) is 7.11 Å². The van der Waals surface area contributed by atoms with Gasteiger partial charge in [-0.1, -0.05) is 25.5 Å². The second-order valence-corrected chi connectivity index (χ2v) is 4.21. The molecule has 3 heteroatoms. The van der Waals surface area contributed by atoms with Crippen LogP contribution in [0.1, 0.15) is 37.8 Å². The number of hydrogen-bond donors (Lipinski definition) is 2. The lowest BCUT2D eigenvalue weighted by Crippen LogP contribution is -2.20. The highest BCUT2D eigenvalue weighted by Crippen LogP contribution is 2.30. The molecule has 1 aromatic rings. The molecule has 1 atom stereocenters. The molecular formula is C13H20O3. The summed E-state index contributed by atoms with van der Waals surface area (Å²) in [6.07, 6.45) is 1.62. The SMILES string of the molecule is CCCC(C)(O)c1ccc(CO)c(OC)c1. The molecule has 90 valence electrons. The van der Waals surface area contributed by atoms with Gasteiger partial charge in [-0.15, -0.1) is 0 Å². The van der Waals surface area contributed by atoms with Crippen LogP contribution in [0.5, 0.6) is 5.75 Å². The second kappa shape index (κ2) is 5.32. The molecule has 0 spiro atoms. The first-order chi connectivity index (χ1) is 7.55. The van der Waals surface area contributed by atoms with Crippen LogP contribution >= 0.6 is 0 Å². The van der Waals surface area contributed by atoms with Crippen LogP contribution in [-0.2, 0) is 12.2 Å². The van der Waals surface area contributed by atoms with Crippen molar-refractivity contribution in [2.45, 2.75) is 38.9 Å². The molecule has 1 unspecified atom stereocenters. The molecule has 0 amide bonds. The van der Waals surface area contributed by atoms with Gasteiger partial charge in [-0.2, -0.15) is 0 Å². The maximum absolute atomic E-state index is 10.3. The minimum Gasteiger partial charge on any atom is -0.496 e. The van der Waals surface area contributed by atoms with Crippen molar-refractivity contribution in [3.05, 3.63) is 29.3 Å². The number of rotatable bonds is 5. The standard InChI is InChI=1S/C13H20O3/c1-4-7-13(2,15)11-6-5-10(9-14)12(8-11)16-3/h5-6,8,14-15H,4,7,9H2,1-3H3. The summed E-state index contributed by atoms with van der Waals surface area (Å²) >= 11 is 0. The smallest absolute Gasteiger partial charge is 0.124 e. The van der Waals surface area contributed by atoms with Crippen LogP contribution in [0.25, 0.3) is 0 Å². The summed E-state index contributed by atoms with van der Waals surface area (Å²) in [5.41, 5.74) is 0.720. The predicted octanol–water partition coefficient (Wildman–Crippen LogP) is 2.20. The van der Waals surface area contributed by atoms with Gasteiger partial charge in [0.25, 0.3) is 0 Å². The summed E-state index contributed by atoms with van der Waals surface area (Å²) in [5, 5.41) is 19.4. The van der Waals surface area contributed by atoms with Crippen molar-refractivity contribution in [3.8, 4) is 5.75 Å². The van der Waals surface area contributed by atoms with E-state index in [9.17, 15) is 5.11 Å². The van der Waals surface area contributed by atoms with Gasteiger partial charge in [-0.3, -0.25) is 0 Å². The zero-order valence-corrected chi connectivity index (χ0v) is 10.2. The van der Waals surface area contributed by atoms with Gasteiger partial charge in [0.2, 0.25) is 0 Å². The molecule has 0 aliphatic carbocycles. The lowest BCUT2D eigenvalue weighted by molar-refractivity contribution is 0.0467. The fourth-order valence-electron chi connectivity index (χ4n) is 1.84. The molecule has 0 saturated heterocycles. The maximum Gasteiger partial charge on any atom is 0.124 e. The van der Waals surface area contributed by atoms with E-state index in [4.69, 9.17) is 9.84 Å². The second-order valence-electron chi connectivity index (χ2n) is 4.21. The summed E-state index contributed by atoms with van der Waals surface area (Å²) < 4.78 is 5.18. The van der Waals surface area contributed by atoms with Gasteiger partial charge in [0.1, 0.15) is 5.75 Å². The minimum atomic E-state index is -0.837. The van der Waals surface area contributed by atoms with Gasteiger partial charge in [-0.05, 0) is 25.0 Å². The summed E-state index contributed by atoms with van der Waals surface area (Å²) in [7, 11) is 1.56. The van der Waals surface area contributed by atoms with E-state index in [2.05, 4.69) is 0 Å². The number of hydrogen-bond acceptors (Lipinski definition) is 3. The Morgan fingerprint density at radius 2 is 2.06 bits per heavy atom. The van der Waals surface area contributed by atoms with E-state index in [0.717, 1.165) is 17.5 Å². The van der Waals surface area contributed by atoms with E-state index >= 15 is 0 Å². The largest absolute Gasteiger partial charge is 0.496 e. The van der Waals surface area contributed by atoms with Crippen molar-refractivity contribution in [3.63, 3.8) is 0 Å². The van der Waals surface area contributed by atoms with E-state index in [1.165, 1.54) is 0 Å². The first-order valence-electron chi connectivity index (χ1n) is 5.55. The summed E-state index contributed by atoms with van der Waals surface area (Å²) in [4.78, 5) is 0. The average molecular weight is 224 g/mol. The van der Waals surface area contributed by atoms with Gasteiger partial charge >= 0.3 is 0 Å². The molecule has 16 heavy (non-hydrogen) atoms. The van der Waals surface area contributed by atoms with Gasteiger partial charge in [-0.25, -0.2) is 0 Å². The van der Waals surface area contributed by atoms with Crippen LogP contribution in [0.3, 0.4) is 0 Å². The Balaban J connectivity index is 3.07. The van der Waals surface area contributed by atoms with Gasteiger partial charge in [0.15, 0.2) is 0 Å². The molecule has 0 radical (unpaired) electrons. The highest BCUT2D eigenvalue weighted by molar-refractivity contribution is 5.39. The van der Waals surface area contributed by atoms with Crippen molar-refractivity contribution < 1.29 is 14.9 Å². The third-order valence-electron chi connectivity index (χ3n) is 2.82. The van der Waals surface area contributed by atoms with E-state index in [1.54, 1.807) is 26.2 Å². The molecule has 0 fully saturated rings. The number of aliphatic hydroxyl groups is 2. The van der Waals surface area contributed by atoms with Crippen molar-refractivity contribution in [2.24, 2.45) is 0 Å². The predicted molar refractivity (Wildman–Crippen MR) is 63.4 cm³/mol. The molecule has 0 heterocycles. The van der Waals surface area contributed by atoms with Crippen LogP contribution < -0.4 is 4.74 Å². The van der Waals surface area contributed by atoms with E-state index in [1.807, 2.05) is 13.0 Å². The lowest BCUT2D eigenvalue weighted by atomic mass is 9.90. The van der Waals surface area contributed by atoms with E-state index in [0.29, 0.717) is 12.2 Å². The fraction of sp³-hybridized carbons (Fsp3) is 0.538. The number of benzene rings is 1. The maximum atomic E-state index is 10.3.